The van der Waals surface area contributed by atoms with Crippen molar-refractivity contribution in [1.29, 1.82) is 0 Å². The minimum Gasteiger partial charge on any atom is -0.497 e. The molecular weight excluding hydrogens is 448 g/mol. The summed E-state index contributed by atoms with van der Waals surface area (Å²) < 4.78 is 10.7. The molecule has 0 N–H and O–H groups in total. The molecular formula is C27H34N2O4S. The zero-order chi connectivity index (χ0) is 24.1. The molecule has 0 aliphatic carbocycles. The highest BCUT2D eigenvalue weighted by molar-refractivity contribution is 8.00. The van der Waals surface area contributed by atoms with Gasteiger partial charge in [-0.15, -0.1) is 11.8 Å². The number of benzene rings is 2. The molecule has 0 saturated carbocycles. The van der Waals surface area contributed by atoms with Gasteiger partial charge in [-0.2, -0.15) is 0 Å². The average molecular weight is 483 g/mol. The molecule has 6 nitrogen and oxygen atoms in total. The number of ether oxygens (including phenoxy) is 2. The Morgan fingerprint density at radius 1 is 0.912 bits per heavy atom. The molecule has 0 atom stereocenters. The minimum atomic E-state index is -0.270. The molecule has 2 aliphatic heterocycles. The van der Waals surface area contributed by atoms with Gasteiger partial charge in [-0.1, -0.05) is 25.5 Å². The van der Waals surface area contributed by atoms with Crippen LogP contribution in [0.2, 0.25) is 0 Å². The molecule has 2 amide bonds. The molecule has 0 unspecified atom stereocenters. The Hall–Kier alpha value is -2.67. The molecule has 2 heterocycles. The van der Waals surface area contributed by atoms with E-state index in [-0.39, 0.29) is 16.7 Å². The van der Waals surface area contributed by atoms with Crippen molar-refractivity contribution in [3.05, 3.63) is 59.2 Å². The van der Waals surface area contributed by atoms with Crippen LogP contribution in [-0.2, 0) is 6.42 Å². The highest BCUT2D eigenvalue weighted by Crippen LogP contribution is 2.45. The molecule has 7 heteroatoms. The third-order valence-electron chi connectivity index (χ3n) is 6.87. The first-order valence-electron chi connectivity index (χ1n) is 12.1. The fourth-order valence-corrected chi connectivity index (χ4v) is 6.29. The Balaban J connectivity index is 1.43. The van der Waals surface area contributed by atoms with E-state index in [4.69, 9.17) is 9.47 Å². The molecule has 0 radical (unpaired) electrons. The van der Waals surface area contributed by atoms with Crippen LogP contribution in [0.4, 0.5) is 0 Å². The maximum atomic E-state index is 13.5. The largest absolute Gasteiger partial charge is 0.497 e. The standard InChI is InChI=1S/C27H34N2O4S/c1-4-5-6-20-7-9-21(10-8-20)25(30)28-13-11-27(12-14-28)29(15-16-34-27)26(31)22-17-23(32-2)19-24(18-22)33-3/h7-10,17-19H,4-6,11-16H2,1-3H3. The van der Waals surface area contributed by atoms with Crippen molar-refractivity contribution in [1.82, 2.24) is 9.80 Å². The van der Waals surface area contributed by atoms with E-state index in [9.17, 15) is 9.59 Å². The van der Waals surface area contributed by atoms with Gasteiger partial charge < -0.3 is 19.3 Å². The van der Waals surface area contributed by atoms with Gasteiger partial charge in [0.15, 0.2) is 0 Å². The number of amides is 2. The van der Waals surface area contributed by atoms with Crippen LogP contribution in [0.3, 0.4) is 0 Å². The lowest BCUT2D eigenvalue weighted by Crippen LogP contribution is -2.53. The van der Waals surface area contributed by atoms with Gasteiger partial charge in [-0.25, -0.2) is 0 Å². The van der Waals surface area contributed by atoms with Crippen molar-refractivity contribution >= 4 is 23.6 Å². The molecule has 0 aromatic heterocycles. The van der Waals surface area contributed by atoms with Gasteiger partial charge in [0.05, 0.1) is 19.1 Å². The first-order valence-corrected chi connectivity index (χ1v) is 13.1. The van der Waals surface area contributed by atoms with Gasteiger partial charge in [0, 0.05) is 42.6 Å². The first-order chi connectivity index (χ1) is 16.5. The smallest absolute Gasteiger partial charge is 0.255 e. The van der Waals surface area contributed by atoms with E-state index in [1.165, 1.54) is 12.0 Å². The first kappa shape index (κ1) is 24.5. The lowest BCUT2D eigenvalue weighted by Gasteiger charge is -2.44. The van der Waals surface area contributed by atoms with Crippen LogP contribution in [0.5, 0.6) is 11.5 Å². The number of nitrogens with zero attached hydrogens (tertiary/aromatic N) is 2. The fraction of sp³-hybridized carbons (Fsp3) is 0.481. The summed E-state index contributed by atoms with van der Waals surface area (Å²) in [5, 5.41) is 0. The van der Waals surface area contributed by atoms with E-state index < -0.39 is 0 Å². The van der Waals surface area contributed by atoms with Crippen molar-refractivity contribution in [3.8, 4) is 11.5 Å². The molecule has 2 aliphatic rings. The van der Waals surface area contributed by atoms with Gasteiger partial charge >= 0.3 is 0 Å². The Morgan fingerprint density at radius 3 is 2.15 bits per heavy atom. The Labute approximate surface area is 206 Å². The van der Waals surface area contributed by atoms with Crippen LogP contribution < -0.4 is 9.47 Å². The number of piperidine rings is 1. The van der Waals surface area contributed by atoms with Gasteiger partial charge in [0.25, 0.3) is 11.8 Å². The summed E-state index contributed by atoms with van der Waals surface area (Å²) in [7, 11) is 3.17. The number of unbranched alkanes of at least 4 members (excludes halogenated alkanes) is 1. The lowest BCUT2D eigenvalue weighted by molar-refractivity contribution is 0.0497. The highest BCUT2D eigenvalue weighted by atomic mass is 32.2. The summed E-state index contributed by atoms with van der Waals surface area (Å²) in [6.45, 7) is 4.19. The SMILES string of the molecule is CCCCc1ccc(C(=O)N2CCC3(CC2)SCCN3C(=O)c2cc(OC)cc(OC)c2)cc1. The summed E-state index contributed by atoms with van der Waals surface area (Å²) in [5.74, 6) is 2.18. The number of carbonyl (C=O) groups excluding carboxylic acids is 2. The summed E-state index contributed by atoms with van der Waals surface area (Å²) in [6, 6.07) is 13.4. The number of rotatable bonds is 7. The molecule has 2 saturated heterocycles. The minimum absolute atomic E-state index is 0.00959. The van der Waals surface area contributed by atoms with Gasteiger partial charge in [-0.3, -0.25) is 9.59 Å². The number of methoxy groups -OCH3 is 2. The van der Waals surface area contributed by atoms with Gasteiger partial charge in [0.1, 0.15) is 11.5 Å². The molecule has 0 bridgehead atoms. The van der Waals surface area contributed by atoms with E-state index in [0.717, 1.165) is 37.0 Å². The van der Waals surface area contributed by atoms with Gasteiger partial charge in [-0.05, 0) is 55.5 Å². The highest BCUT2D eigenvalue weighted by Gasteiger charge is 2.47. The second-order valence-corrected chi connectivity index (χ2v) is 10.4. The van der Waals surface area contributed by atoms with E-state index in [1.54, 1.807) is 32.4 Å². The van der Waals surface area contributed by atoms with Crippen molar-refractivity contribution < 1.29 is 19.1 Å². The number of likely N-dealkylation sites (tertiary alicyclic amines) is 1. The summed E-state index contributed by atoms with van der Waals surface area (Å²) in [5.41, 5.74) is 2.59. The molecule has 2 fully saturated rings. The van der Waals surface area contributed by atoms with Crippen molar-refractivity contribution in [2.24, 2.45) is 0 Å². The maximum Gasteiger partial charge on any atom is 0.255 e. The number of aryl methyl sites for hydroxylation is 1. The number of thioether (sulfide) groups is 1. The lowest BCUT2D eigenvalue weighted by atomic mass is 9.99. The van der Waals surface area contributed by atoms with Crippen molar-refractivity contribution in [2.45, 2.75) is 43.9 Å². The van der Waals surface area contributed by atoms with Gasteiger partial charge in [0.2, 0.25) is 0 Å². The van der Waals surface area contributed by atoms with Crippen LogP contribution in [-0.4, -0.2) is 66.1 Å². The molecule has 2 aromatic rings. The Kier molecular flexibility index (Phi) is 7.71. The van der Waals surface area contributed by atoms with Crippen LogP contribution in [0, 0.1) is 0 Å². The van der Waals surface area contributed by atoms with Crippen LogP contribution in [0.1, 0.15) is 58.9 Å². The third kappa shape index (κ3) is 5.04. The maximum absolute atomic E-state index is 13.5. The Bertz CT molecular complexity index is 994. The Morgan fingerprint density at radius 2 is 1.56 bits per heavy atom. The zero-order valence-corrected chi connectivity index (χ0v) is 21.2. The summed E-state index contributed by atoms with van der Waals surface area (Å²) in [6.07, 6.45) is 4.92. The normalized spacial score (nSPS) is 17.1. The van der Waals surface area contributed by atoms with E-state index >= 15 is 0 Å². The third-order valence-corrected chi connectivity index (χ3v) is 8.43. The van der Waals surface area contributed by atoms with E-state index in [2.05, 4.69) is 19.1 Å². The summed E-state index contributed by atoms with van der Waals surface area (Å²) >= 11 is 1.84. The second-order valence-electron chi connectivity index (χ2n) is 8.95. The average Bonchev–Trinajstić information content (AvgIpc) is 3.29. The van der Waals surface area contributed by atoms with Crippen molar-refractivity contribution in [3.63, 3.8) is 0 Å². The molecule has 34 heavy (non-hydrogen) atoms. The van der Waals surface area contributed by atoms with Crippen LogP contribution in [0.15, 0.2) is 42.5 Å². The number of carbonyl (C=O) groups is 2. The van der Waals surface area contributed by atoms with E-state index in [1.807, 2.05) is 33.7 Å². The van der Waals surface area contributed by atoms with E-state index in [0.29, 0.717) is 36.7 Å². The van der Waals surface area contributed by atoms with Crippen molar-refractivity contribution in [2.75, 3.05) is 39.6 Å². The monoisotopic (exact) mass is 482 g/mol. The quantitative estimate of drug-likeness (QED) is 0.564. The molecule has 182 valence electrons. The molecule has 1 spiro atoms. The van der Waals surface area contributed by atoms with Crippen LogP contribution in [0.25, 0.3) is 0 Å². The number of hydrogen-bond acceptors (Lipinski definition) is 5. The number of hydrogen-bond donors (Lipinski definition) is 0. The molecule has 2 aromatic carbocycles. The predicted octanol–water partition coefficient (Wildman–Crippen LogP) is 4.87. The topological polar surface area (TPSA) is 59.1 Å². The fourth-order valence-electron chi connectivity index (χ4n) is 4.83. The zero-order valence-electron chi connectivity index (χ0n) is 20.3. The predicted molar refractivity (Wildman–Crippen MR) is 136 cm³/mol. The molecule has 4 rings (SSSR count). The second kappa shape index (κ2) is 10.7. The summed E-state index contributed by atoms with van der Waals surface area (Å²) in [4.78, 5) is 30.3. The van der Waals surface area contributed by atoms with Crippen LogP contribution >= 0.6 is 11.8 Å².